The number of hydrogen-bond donors (Lipinski definition) is 2. The molecule has 0 aliphatic heterocycles. The minimum Gasteiger partial charge on any atom is -0.494 e. The molecule has 5 heteroatoms. The van der Waals surface area contributed by atoms with Gasteiger partial charge in [-0.25, -0.2) is 0 Å². The fourth-order valence-electron chi connectivity index (χ4n) is 3.21. The number of ether oxygens (including phenoxy) is 2. The highest BCUT2D eigenvalue weighted by Crippen LogP contribution is 2.24. The van der Waals surface area contributed by atoms with Crippen molar-refractivity contribution < 1.29 is 9.47 Å². The lowest BCUT2D eigenvalue weighted by Crippen LogP contribution is -1.99. The third kappa shape index (κ3) is 5.41. The highest BCUT2D eigenvalue weighted by Gasteiger charge is 2.06. The Hall–Kier alpha value is -3.73. The Bertz CT molecular complexity index is 1080. The molecule has 0 fully saturated rings. The summed E-state index contributed by atoms with van der Waals surface area (Å²) in [5, 5.41) is 7.44. The Morgan fingerprint density at radius 3 is 2.43 bits per heavy atom. The van der Waals surface area contributed by atoms with Crippen molar-refractivity contribution in [3.63, 3.8) is 0 Å². The minimum atomic E-state index is 0.395. The van der Waals surface area contributed by atoms with Crippen LogP contribution < -0.4 is 15.2 Å². The summed E-state index contributed by atoms with van der Waals surface area (Å²) in [6.45, 7) is 1.07. The summed E-state index contributed by atoms with van der Waals surface area (Å²) in [5.41, 5.74) is 10.5. The number of H-pyrrole nitrogens is 1. The van der Waals surface area contributed by atoms with Crippen LogP contribution in [0, 0.1) is 0 Å². The van der Waals surface area contributed by atoms with E-state index in [1.54, 1.807) is 6.07 Å². The normalized spacial score (nSPS) is 10.7. The van der Waals surface area contributed by atoms with E-state index in [4.69, 9.17) is 15.2 Å². The average Bonchev–Trinajstić information content (AvgIpc) is 3.26. The van der Waals surface area contributed by atoms with Crippen molar-refractivity contribution >= 4 is 5.69 Å². The number of nitrogens with zero attached hydrogens (tertiary/aromatic N) is 1. The molecule has 0 radical (unpaired) electrons. The van der Waals surface area contributed by atoms with Gasteiger partial charge >= 0.3 is 0 Å². The molecular weight excluding hydrogens is 374 g/mol. The molecule has 4 aromatic rings. The first-order valence-electron chi connectivity index (χ1n) is 10.1. The van der Waals surface area contributed by atoms with Gasteiger partial charge in [0.05, 0.1) is 18.0 Å². The van der Waals surface area contributed by atoms with Crippen molar-refractivity contribution in [2.45, 2.75) is 19.4 Å². The monoisotopic (exact) mass is 399 g/mol. The highest BCUT2D eigenvalue weighted by atomic mass is 16.5. The van der Waals surface area contributed by atoms with Crippen molar-refractivity contribution in [1.29, 1.82) is 0 Å². The quantitative estimate of drug-likeness (QED) is 0.298. The Morgan fingerprint density at radius 1 is 0.800 bits per heavy atom. The van der Waals surface area contributed by atoms with E-state index in [0.29, 0.717) is 18.9 Å². The van der Waals surface area contributed by atoms with Crippen LogP contribution in [0.25, 0.3) is 11.3 Å². The summed E-state index contributed by atoms with van der Waals surface area (Å²) >= 11 is 0. The van der Waals surface area contributed by atoms with Crippen LogP contribution in [0.2, 0.25) is 0 Å². The molecule has 0 saturated carbocycles. The zero-order chi connectivity index (χ0) is 20.6. The van der Waals surface area contributed by atoms with Crippen LogP contribution in [-0.2, 0) is 13.0 Å². The Labute approximate surface area is 176 Å². The molecular formula is C25H25N3O2. The van der Waals surface area contributed by atoms with Crippen LogP contribution in [0.3, 0.4) is 0 Å². The molecule has 30 heavy (non-hydrogen) atoms. The first-order chi connectivity index (χ1) is 14.8. The number of hydrogen-bond acceptors (Lipinski definition) is 4. The standard InChI is InChI=1S/C25H25N3O2/c26-21-11-5-13-24(16-21)30-18-22-17-25(28-27-22)20-10-4-12-23(15-20)29-14-6-9-19-7-2-1-3-8-19/h1-5,7-8,10-13,15-17H,6,9,14,18,26H2,(H,27,28). The molecule has 3 N–H and O–H groups in total. The van der Waals surface area contributed by atoms with Crippen LogP contribution in [-0.4, -0.2) is 16.8 Å². The number of benzene rings is 3. The molecule has 0 unspecified atom stereocenters. The lowest BCUT2D eigenvalue weighted by Gasteiger charge is -2.07. The first kappa shape index (κ1) is 19.6. The number of aromatic nitrogens is 2. The average molecular weight is 399 g/mol. The van der Waals surface area contributed by atoms with Gasteiger partial charge in [-0.3, -0.25) is 5.10 Å². The van der Waals surface area contributed by atoms with E-state index in [2.05, 4.69) is 34.5 Å². The molecule has 0 aliphatic rings. The summed E-state index contributed by atoms with van der Waals surface area (Å²) in [4.78, 5) is 0. The Balaban J connectivity index is 1.31. The van der Waals surface area contributed by atoms with E-state index in [1.165, 1.54) is 5.56 Å². The lowest BCUT2D eigenvalue weighted by atomic mass is 10.1. The van der Waals surface area contributed by atoms with E-state index < -0.39 is 0 Å². The number of nitrogens with two attached hydrogens (primary N) is 1. The van der Waals surface area contributed by atoms with Crippen molar-refractivity contribution in [3.05, 3.63) is 96.2 Å². The predicted octanol–water partition coefficient (Wildman–Crippen LogP) is 5.25. The van der Waals surface area contributed by atoms with Crippen molar-refractivity contribution in [1.82, 2.24) is 10.2 Å². The van der Waals surface area contributed by atoms with Crippen LogP contribution in [0.5, 0.6) is 11.5 Å². The van der Waals surface area contributed by atoms with Crippen molar-refractivity contribution in [2.24, 2.45) is 0 Å². The third-order valence-electron chi connectivity index (χ3n) is 4.73. The van der Waals surface area contributed by atoms with Gasteiger partial charge in [-0.1, -0.05) is 48.5 Å². The summed E-state index contributed by atoms with van der Waals surface area (Å²) in [6.07, 6.45) is 1.98. The van der Waals surface area contributed by atoms with E-state index in [0.717, 1.165) is 41.3 Å². The number of aromatic amines is 1. The second-order valence-electron chi connectivity index (χ2n) is 7.11. The molecule has 0 saturated heterocycles. The van der Waals surface area contributed by atoms with Gasteiger partial charge in [0.15, 0.2) is 0 Å². The zero-order valence-electron chi connectivity index (χ0n) is 16.8. The van der Waals surface area contributed by atoms with Gasteiger partial charge in [0.2, 0.25) is 0 Å². The number of anilines is 1. The number of nitrogen functional groups attached to an aromatic ring is 1. The van der Waals surface area contributed by atoms with E-state index in [9.17, 15) is 0 Å². The van der Waals surface area contributed by atoms with Gasteiger partial charge in [-0.2, -0.15) is 5.10 Å². The molecule has 5 nitrogen and oxygen atoms in total. The van der Waals surface area contributed by atoms with Crippen LogP contribution in [0.1, 0.15) is 17.7 Å². The number of aryl methyl sites for hydroxylation is 1. The maximum absolute atomic E-state index is 5.94. The smallest absolute Gasteiger partial charge is 0.130 e. The van der Waals surface area contributed by atoms with Crippen molar-refractivity contribution in [2.75, 3.05) is 12.3 Å². The molecule has 0 amide bonds. The maximum Gasteiger partial charge on any atom is 0.130 e. The molecule has 0 spiro atoms. The van der Waals surface area contributed by atoms with E-state index >= 15 is 0 Å². The van der Waals surface area contributed by atoms with E-state index in [-0.39, 0.29) is 0 Å². The molecule has 152 valence electrons. The van der Waals surface area contributed by atoms with Crippen molar-refractivity contribution in [3.8, 4) is 22.8 Å². The summed E-state index contributed by atoms with van der Waals surface area (Å²) in [5.74, 6) is 1.58. The second-order valence-corrected chi connectivity index (χ2v) is 7.11. The molecule has 0 bridgehead atoms. The SMILES string of the molecule is Nc1cccc(OCc2cc(-c3cccc(OCCCc4ccccc4)c3)n[nH]2)c1. The Kier molecular flexibility index (Phi) is 6.30. The van der Waals surface area contributed by atoms with Gasteiger partial charge in [0.1, 0.15) is 18.1 Å². The third-order valence-corrected chi connectivity index (χ3v) is 4.73. The maximum atomic E-state index is 5.94. The molecule has 3 aromatic carbocycles. The van der Waals surface area contributed by atoms with Gasteiger partial charge in [-0.15, -0.1) is 0 Å². The Morgan fingerprint density at radius 2 is 1.60 bits per heavy atom. The summed E-state index contributed by atoms with van der Waals surface area (Å²) in [6, 6.07) is 27.8. The highest BCUT2D eigenvalue weighted by molar-refractivity contribution is 5.61. The largest absolute Gasteiger partial charge is 0.494 e. The lowest BCUT2D eigenvalue weighted by molar-refractivity contribution is 0.301. The molecule has 4 rings (SSSR count). The molecule has 1 heterocycles. The minimum absolute atomic E-state index is 0.395. The molecule has 0 atom stereocenters. The molecule has 1 aromatic heterocycles. The van der Waals surface area contributed by atoms with Crippen LogP contribution in [0.4, 0.5) is 5.69 Å². The second kappa shape index (κ2) is 9.65. The van der Waals surface area contributed by atoms with Gasteiger partial charge < -0.3 is 15.2 Å². The molecule has 0 aliphatic carbocycles. The van der Waals surface area contributed by atoms with Crippen LogP contribution >= 0.6 is 0 Å². The summed E-state index contributed by atoms with van der Waals surface area (Å²) < 4.78 is 11.7. The van der Waals surface area contributed by atoms with E-state index in [1.807, 2.05) is 54.6 Å². The topological polar surface area (TPSA) is 73.2 Å². The fourth-order valence-corrected chi connectivity index (χ4v) is 3.21. The predicted molar refractivity (Wildman–Crippen MR) is 119 cm³/mol. The first-order valence-corrected chi connectivity index (χ1v) is 10.1. The number of rotatable bonds is 9. The fraction of sp³-hybridized carbons (Fsp3) is 0.160. The van der Waals surface area contributed by atoms with Gasteiger partial charge in [0, 0.05) is 17.3 Å². The summed E-state index contributed by atoms with van der Waals surface area (Å²) in [7, 11) is 0. The van der Waals surface area contributed by atoms with Gasteiger partial charge in [0.25, 0.3) is 0 Å². The van der Waals surface area contributed by atoms with Gasteiger partial charge in [-0.05, 0) is 48.7 Å². The zero-order valence-corrected chi connectivity index (χ0v) is 16.8. The van der Waals surface area contributed by atoms with Crippen LogP contribution in [0.15, 0.2) is 84.9 Å². The number of nitrogens with one attached hydrogen (secondary N) is 1.